The lowest BCUT2D eigenvalue weighted by molar-refractivity contribution is -0.127. The summed E-state index contributed by atoms with van der Waals surface area (Å²) in [5.41, 5.74) is 5.86. The highest BCUT2D eigenvalue weighted by atomic mass is 16.6. The van der Waals surface area contributed by atoms with Gasteiger partial charge in [-0.05, 0) is 31.6 Å². The third kappa shape index (κ3) is 4.39. The molecule has 2 aliphatic rings. The Labute approximate surface area is 121 Å². The van der Waals surface area contributed by atoms with Crippen molar-refractivity contribution in [3.05, 3.63) is 0 Å². The summed E-state index contributed by atoms with van der Waals surface area (Å²) in [6, 6.07) is 0.288. The molecular weight excluding hydrogens is 254 g/mol. The van der Waals surface area contributed by atoms with E-state index in [0.717, 1.165) is 19.3 Å². The van der Waals surface area contributed by atoms with Gasteiger partial charge in [-0.3, -0.25) is 4.79 Å². The molecule has 0 saturated heterocycles. The van der Waals surface area contributed by atoms with Crippen LogP contribution < -0.4 is 11.1 Å². The minimum atomic E-state index is -0.0910. The Morgan fingerprint density at radius 2 is 1.85 bits per heavy atom. The van der Waals surface area contributed by atoms with Crippen LogP contribution in [0.1, 0.15) is 58.3 Å². The number of hydrogen-bond donors (Lipinski definition) is 2. The Morgan fingerprint density at radius 3 is 2.55 bits per heavy atom. The summed E-state index contributed by atoms with van der Waals surface area (Å²) in [4.78, 5) is 16.9. The number of nitrogens with zero attached hydrogens (tertiary/aromatic N) is 1. The number of carbonyl (C=O) groups is 1. The predicted octanol–water partition coefficient (Wildman–Crippen LogP) is 2.16. The van der Waals surface area contributed by atoms with E-state index in [4.69, 9.17) is 10.6 Å². The molecule has 3 N–H and O–H groups in total. The fourth-order valence-corrected chi connectivity index (χ4v) is 3.24. The number of amides is 1. The van der Waals surface area contributed by atoms with E-state index in [1.165, 1.54) is 32.1 Å². The largest absolute Gasteiger partial charge is 0.384 e. The summed E-state index contributed by atoms with van der Waals surface area (Å²) in [7, 11) is 0. The van der Waals surface area contributed by atoms with Crippen LogP contribution in [0.25, 0.3) is 0 Å². The molecule has 2 atom stereocenters. The topological polar surface area (TPSA) is 76.7 Å². The lowest BCUT2D eigenvalue weighted by Gasteiger charge is -2.29. The molecule has 0 spiro atoms. The van der Waals surface area contributed by atoms with Crippen molar-refractivity contribution in [2.24, 2.45) is 22.7 Å². The number of rotatable bonds is 5. The van der Waals surface area contributed by atoms with E-state index in [0.29, 0.717) is 17.7 Å². The quantitative estimate of drug-likeness (QED) is 0.460. The number of amidine groups is 1. The van der Waals surface area contributed by atoms with Gasteiger partial charge < -0.3 is 15.9 Å². The van der Waals surface area contributed by atoms with Crippen molar-refractivity contribution in [3.63, 3.8) is 0 Å². The summed E-state index contributed by atoms with van der Waals surface area (Å²) in [6.45, 7) is 2.16. The monoisotopic (exact) mass is 281 g/mol. The molecule has 0 aliphatic heterocycles. The van der Waals surface area contributed by atoms with Crippen molar-refractivity contribution < 1.29 is 9.63 Å². The predicted molar refractivity (Wildman–Crippen MR) is 79.1 cm³/mol. The van der Waals surface area contributed by atoms with Crippen LogP contribution >= 0.6 is 0 Å². The number of carbonyl (C=O) groups excluding carboxylic acids is 1. The molecular formula is C15H27N3O2. The van der Waals surface area contributed by atoms with E-state index >= 15 is 0 Å². The van der Waals surface area contributed by atoms with E-state index in [9.17, 15) is 4.79 Å². The maximum Gasteiger partial charge on any atom is 0.261 e. The highest BCUT2D eigenvalue weighted by molar-refractivity contribution is 5.82. The van der Waals surface area contributed by atoms with Crippen LogP contribution in [-0.4, -0.2) is 24.4 Å². The second-order valence-electron chi connectivity index (χ2n) is 6.21. The van der Waals surface area contributed by atoms with Crippen LogP contribution in [0.15, 0.2) is 5.16 Å². The van der Waals surface area contributed by atoms with Crippen LogP contribution in [0.3, 0.4) is 0 Å². The molecule has 0 bridgehead atoms. The molecule has 0 aromatic rings. The van der Waals surface area contributed by atoms with Crippen LogP contribution in [0.4, 0.5) is 0 Å². The van der Waals surface area contributed by atoms with Crippen molar-refractivity contribution in [3.8, 4) is 0 Å². The van der Waals surface area contributed by atoms with Gasteiger partial charge >= 0.3 is 0 Å². The van der Waals surface area contributed by atoms with Crippen molar-refractivity contribution >= 4 is 11.7 Å². The van der Waals surface area contributed by atoms with Crippen LogP contribution in [0.5, 0.6) is 0 Å². The summed E-state index contributed by atoms with van der Waals surface area (Å²) in [5, 5.41) is 6.93. The van der Waals surface area contributed by atoms with E-state index in [2.05, 4.69) is 17.4 Å². The average Bonchev–Trinajstić information content (AvgIpc) is 2.95. The molecule has 0 aromatic carbocycles. The Balaban J connectivity index is 1.67. The summed E-state index contributed by atoms with van der Waals surface area (Å²) >= 11 is 0. The van der Waals surface area contributed by atoms with Gasteiger partial charge in [-0.25, -0.2) is 0 Å². The first-order valence-corrected chi connectivity index (χ1v) is 7.91. The van der Waals surface area contributed by atoms with Gasteiger partial charge in [0.05, 0.1) is 0 Å². The number of nitrogens with one attached hydrogen (secondary N) is 1. The SMILES string of the molecule is C[C@H]1CCCC[C@H]1NC(=O)CO/N=C(\N)C1CCCC1. The van der Waals surface area contributed by atoms with E-state index in [-0.39, 0.29) is 18.6 Å². The molecule has 2 saturated carbocycles. The first-order chi connectivity index (χ1) is 9.66. The molecule has 2 aliphatic carbocycles. The van der Waals surface area contributed by atoms with Crippen LogP contribution in [0.2, 0.25) is 0 Å². The second-order valence-corrected chi connectivity index (χ2v) is 6.21. The number of nitrogens with two attached hydrogens (primary N) is 1. The minimum absolute atomic E-state index is 0.0311. The molecule has 2 rings (SSSR count). The van der Waals surface area contributed by atoms with Crippen molar-refractivity contribution in [2.75, 3.05) is 6.61 Å². The smallest absolute Gasteiger partial charge is 0.261 e. The summed E-state index contributed by atoms with van der Waals surface area (Å²) < 4.78 is 0. The Morgan fingerprint density at radius 1 is 1.20 bits per heavy atom. The van der Waals surface area contributed by atoms with Gasteiger partial charge in [0.2, 0.25) is 0 Å². The maximum atomic E-state index is 11.8. The maximum absolute atomic E-state index is 11.8. The van der Waals surface area contributed by atoms with E-state index in [1.807, 2.05) is 0 Å². The zero-order chi connectivity index (χ0) is 14.4. The first-order valence-electron chi connectivity index (χ1n) is 7.91. The lowest BCUT2D eigenvalue weighted by atomic mass is 9.86. The third-order valence-electron chi connectivity index (χ3n) is 4.60. The van der Waals surface area contributed by atoms with Gasteiger partial charge in [0, 0.05) is 12.0 Å². The average molecular weight is 281 g/mol. The van der Waals surface area contributed by atoms with Gasteiger partial charge in [0.15, 0.2) is 6.61 Å². The molecule has 20 heavy (non-hydrogen) atoms. The molecule has 0 aromatic heterocycles. The van der Waals surface area contributed by atoms with Gasteiger partial charge in [-0.2, -0.15) is 0 Å². The molecule has 0 unspecified atom stereocenters. The van der Waals surface area contributed by atoms with Crippen LogP contribution in [0, 0.1) is 11.8 Å². The van der Waals surface area contributed by atoms with Crippen LogP contribution in [-0.2, 0) is 9.63 Å². The molecule has 0 radical (unpaired) electrons. The second kappa shape index (κ2) is 7.50. The third-order valence-corrected chi connectivity index (χ3v) is 4.60. The fraction of sp³-hybridized carbons (Fsp3) is 0.867. The zero-order valence-corrected chi connectivity index (χ0v) is 12.4. The zero-order valence-electron chi connectivity index (χ0n) is 12.4. The molecule has 5 heteroatoms. The summed E-state index contributed by atoms with van der Waals surface area (Å²) in [5.74, 6) is 1.35. The Kier molecular flexibility index (Phi) is 5.68. The van der Waals surface area contributed by atoms with E-state index < -0.39 is 0 Å². The number of hydrogen-bond acceptors (Lipinski definition) is 3. The highest BCUT2D eigenvalue weighted by Crippen LogP contribution is 2.25. The highest BCUT2D eigenvalue weighted by Gasteiger charge is 2.23. The standard InChI is InChI=1S/C15H27N3O2/c1-11-6-2-5-9-13(11)17-14(19)10-20-18-15(16)12-7-3-4-8-12/h11-13H,2-10H2,1H3,(H2,16,18)(H,17,19)/t11-,13+/m0/s1. The van der Waals surface area contributed by atoms with Gasteiger partial charge in [-0.15, -0.1) is 0 Å². The lowest BCUT2D eigenvalue weighted by Crippen LogP contribution is -2.42. The number of oxime groups is 1. The molecule has 0 heterocycles. The van der Waals surface area contributed by atoms with Gasteiger partial charge in [0.25, 0.3) is 5.91 Å². The van der Waals surface area contributed by atoms with Gasteiger partial charge in [0.1, 0.15) is 5.84 Å². The van der Waals surface area contributed by atoms with Crippen molar-refractivity contribution in [2.45, 2.75) is 64.3 Å². The summed E-state index contributed by atoms with van der Waals surface area (Å²) in [6.07, 6.45) is 9.32. The molecule has 2 fully saturated rings. The fourth-order valence-electron chi connectivity index (χ4n) is 3.24. The first kappa shape index (κ1) is 15.1. The van der Waals surface area contributed by atoms with Gasteiger partial charge in [-0.1, -0.05) is 37.8 Å². The minimum Gasteiger partial charge on any atom is -0.384 e. The molecule has 1 amide bonds. The Hall–Kier alpha value is -1.26. The molecule has 5 nitrogen and oxygen atoms in total. The van der Waals surface area contributed by atoms with Crippen molar-refractivity contribution in [1.82, 2.24) is 5.32 Å². The molecule has 114 valence electrons. The Bertz CT molecular complexity index is 351. The normalized spacial score (nSPS) is 28.4. The van der Waals surface area contributed by atoms with E-state index in [1.54, 1.807) is 0 Å². The van der Waals surface area contributed by atoms with Crippen molar-refractivity contribution in [1.29, 1.82) is 0 Å².